The van der Waals surface area contributed by atoms with Crippen molar-refractivity contribution >= 4 is 5.97 Å². The summed E-state index contributed by atoms with van der Waals surface area (Å²) in [6.45, 7) is 4.66. The fourth-order valence-electron chi connectivity index (χ4n) is 0.0833. The summed E-state index contributed by atoms with van der Waals surface area (Å²) in [6, 6.07) is 0. The molecule has 0 N–H and O–H groups in total. The first-order valence-electron chi connectivity index (χ1n) is 1.86. The Balaban J connectivity index is 3.55. The van der Waals surface area contributed by atoms with Gasteiger partial charge in [0.05, 0.1) is 12.0 Å². The maximum atomic E-state index is 9.71. The molecule has 0 fully saturated rings. The van der Waals surface area contributed by atoms with Gasteiger partial charge in [-0.2, -0.15) is 0 Å². The van der Waals surface area contributed by atoms with Gasteiger partial charge in [-0.1, -0.05) is 0 Å². The molecule has 0 saturated carbocycles. The van der Waals surface area contributed by atoms with Crippen molar-refractivity contribution < 1.29 is 9.90 Å². The summed E-state index contributed by atoms with van der Waals surface area (Å²) in [6.07, 6.45) is 1.25. The predicted molar refractivity (Wildman–Crippen MR) is 24.1 cm³/mol. The molecule has 38 valence electrons. The molecule has 2 heteroatoms. The van der Waals surface area contributed by atoms with Crippen molar-refractivity contribution in [1.82, 2.24) is 0 Å². The van der Waals surface area contributed by atoms with E-state index in [-0.39, 0.29) is 5.92 Å². The fourth-order valence-corrected chi connectivity index (χ4v) is 0.0833. The van der Waals surface area contributed by atoms with Gasteiger partial charge in [0, 0.05) is 13.5 Å². The largest absolute Gasteiger partial charge is 0.526 e. The number of aliphatic carboxylic acids is 1. The minimum absolute atomic E-state index is 0.167. The van der Waals surface area contributed by atoms with Crippen LogP contribution in [0.1, 0.15) is 6.92 Å². The third-order valence-corrected chi connectivity index (χ3v) is 0.628. The number of carboxylic acids is 1. The molecule has 0 spiro atoms. The number of carboxylic acid groups (broad SMARTS) is 1. The van der Waals surface area contributed by atoms with Gasteiger partial charge in [0.2, 0.25) is 0 Å². The Hall–Kier alpha value is -0.920. The molecule has 0 atom stereocenters. The van der Waals surface area contributed by atoms with Crippen molar-refractivity contribution in [3.63, 3.8) is 0 Å². The zero-order valence-electron chi connectivity index (χ0n) is 4.10. The van der Waals surface area contributed by atoms with E-state index >= 15 is 0 Å². The molecule has 0 amide bonds. The van der Waals surface area contributed by atoms with Gasteiger partial charge in [-0.05, 0) is 0 Å². The minimum atomic E-state index is -1.16. The van der Waals surface area contributed by atoms with Crippen LogP contribution in [0.25, 0.3) is 0 Å². The Morgan fingerprint density at radius 1 is 2.00 bits per heavy atom. The average molecular weight is 98.1 g/mol. The van der Waals surface area contributed by atoms with Crippen LogP contribution >= 0.6 is 0 Å². The molecule has 7 heavy (non-hydrogen) atoms. The molecule has 0 unspecified atom stereocenters. The summed E-state index contributed by atoms with van der Waals surface area (Å²) >= 11 is 0. The van der Waals surface area contributed by atoms with E-state index < -0.39 is 5.97 Å². The van der Waals surface area contributed by atoms with Crippen LogP contribution in [0, 0.1) is 5.92 Å². The maximum Gasteiger partial charge on any atom is 0.159 e. The predicted octanol–water partition coefficient (Wildman–Crippen LogP) is -0.483. The summed E-state index contributed by atoms with van der Waals surface area (Å²) < 4.78 is 0. The van der Waals surface area contributed by atoms with Gasteiger partial charge in [-0.25, -0.2) is 0 Å². The average Bonchev–Trinajstić information content (AvgIpc) is 1.65. The third kappa shape index (κ3) is 1.87. The molecule has 0 saturated heterocycles. The summed E-state index contributed by atoms with van der Waals surface area (Å²) in [7, 11) is 0. The highest BCUT2D eigenvalue weighted by Gasteiger charge is 2.01. The standard InChI is InChI=1S/C5H6O2/c1-3-4(2)5(6)7/h3H,1H2,2H3. The lowest BCUT2D eigenvalue weighted by molar-refractivity contribution is -0.301. The summed E-state index contributed by atoms with van der Waals surface area (Å²) in [5.74, 6) is -0.991. The second kappa shape index (κ2) is 2.29. The van der Waals surface area contributed by atoms with Gasteiger partial charge in [-0.3, -0.25) is 0 Å². The Kier molecular flexibility index (Phi) is 1.99. The van der Waals surface area contributed by atoms with Crippen LogP contribution in [-0.2, 0) is 4.79 Å². The van der Waals surface area contributed by atoms with E-state index in [9.17, 15) is 9.90 Å². The molecular formula is C5H6O2. The van der Waals surface area contributed by atoms with Crippen LogP contribution < -0.4 is 5.11 Å². The first-order valence-corrected chi connectivity index (χ1v) is 1.86. The van der Waals surface area contributed by atoms with Crippen LogP contribution in [0.2, 0.25) is 0 Å². The van der Waals surface area contributed by atoms with E-state index in [2.05, 4.69) is 6.58 Å². The minimum Gasteiger partial charge on any atom is -0.526 e. The van der Waals surface area contributed by atoms with Crippen molar-refractivity contribution in [3.8, 4) is 0 Å². The van der Waals surface area contributed by atoms with E-state index in [1.165, 1.54) is 13.0 Å². The lowest BCUT2D eigenvalue weighted by atomic mass is 10.2. The molecule has 0 aromatic heterocycles. The van der Waals surface area contributed by atoms with Crippen LogP contribution in [0.3, 0.4) is 0 Å². The molecule has 0 aliphatic rings. The Labute approximate surface area is 42.5 Å². The van der Waals surface area contributed by atoms with E-state index in [0.29, 0.717) is 0 Å². The highest BCUT2D eigenvalue weighted by molar-refractivity contribution is 5.82. The highest BCUT2D eigenvalue weighted by atomic mass is 16.4. The van der Waals surface area contributed by atoms with Crippen molar-refractivity contribution in [1.29, 1.82) is 0 Å². The van der Waals surface area contributed by atoms with Gasteiger partial charge in [0.25, 0.3) is 0 Å². The van der Waals surface area contributed by atoms with E-state index in [4.69, 9.17) is 0 Å². The quantitative estimate of drug-likeness (QED) is 0.437. The zero-order chi connectivity index (χ0) is 5.86. The molecule has 0 rings (SSSR count). The first kappa shape index (κ1) is 6.08. The fraction of sp³-hybridized carbons (Fsp3) is 0.200. The number of rotatable bonds is 2. The maximum absolute atomic E-state index is 9.71. The SMILES string of the molecule is C=C[C+](C)C(=O)[O-]. The van der Waals surface area contributed by atoms with Gasteiger partial charge < -0.3 is 9.90 Å². The third-order valence-electron chi connectivity index (χ3n) is 0.628. The molecule has 0 aromatic rings. The van der Waals surface area contributed by atoms with E-state index in [1.54, 1.807) is 0 Å². The van der Waals surface area contributed by atoms with E-state index in [1.807, 2.05) is 0 Å². The Bertz CT molecular complexity index is 86.1. The number of carbonyl (C=O) groups excluding carboxylic acids is 1. The van der Waals surface area contributed by atoms with Crippen LogP contribution in [0.15, 0.2) is 12.7 Å². The van der Waals surface area contributed by atoms with Crippen molar-refractivity contribution in [2.24, 2.45) is 0 Å². The van der Waals surface area contributed by atoms with Gasteiger partial charge in [0.15, 0.2) is 5.97 Å². The van der Waals surface area contributed by atoms with Gasteiger partial charge in [0.1, 0.15) is 0 Å². The second-order valence-corrected chi connectivity index (χ2v) is 1.17. The lowest BCUT2D eigenvalue weighted by Crippen LogP contribution is -2.26. The molecule has 0 aliphatic carbocycles. The van der Waals surface area contributed by atoms with Crippen LogP contribution in [0.4, 0.5) is 0 Å². The molecule has 0 aliphatic heterocycles. The summed E-state index contributed by atoms with van der Waals surface area (Å²) in [4.78, 5) is 9.71. The van der Waals surface area contributed by atoms with Gasteiger partial charge >= 0.3 is 0 Å². The number of hydrogen-bond acceptors (Lipinski definition) is 2. The van der Waals surface area contributed by atoms with Crippen molar-refractivity contribution in [3.05, 3.63) is 18.6 Å². The van der Waals surface area contributed by atoms with Crippen molar-refractivity contribution in [2.45, 2.75) is 6.92 Å². The Morgan fingerprint density at radius 2 is 2.43 bits per heavy atom. The molecule has 2 nitrogen and oxygen atoms in total. The molecule has 0 aromatic carbocycles. The second-order valence-electron chi connectivity index (χ2n) is 1.17. The number of hydrogen-bond donors (Lipinski definition) is 0. The normalized spacial score (nSPS) is 7.57. The van der Waals surface area contributed by atoms with Gasteiger partial charge in [-0.15, -0.1) is 0 Å². The monoisotopic (exact) mass is 98.0 g/mol. The first-order chi connectivity index (χ1) is 3.18. The summed E-state index contributed by atoms with van der Waals surface area (Å²) in [5.41, 5.74) is 0. The Morgan fingerprint density at radius 3 is 2.43 bits per heavy atom. The topological polar surface area (TPSA) is 40.1 Å². The lowest BCUT2D eigenvalue weighted by Gasteiger charge is -1.94. The van der Waals surface area contributed by atoms with E-state index in [0.717, 1.165) is 0 Å². The summed E-state index contributed by atoms with van der Waals surface area (Å²) in [5, 5.41) is 9.71. The molecule has 0 radical (unpaired) electrons. The smallest absolute Gasteiger partial charge is 0.159 e. The van der Waals surface area contributed by atoms with Crippen LogP contribution in [-0.4, -0.2) is 5.97 Å². The highest BCUT2D eigenvalue weighted by Crippen LogP contribution is 1.92. The zero-order valence-corrected chi connectivity index (χ0v) is 4.10. The van der Waals surface area contributed by atoms with Crippen molar-refractivity contribution in [2.75, 3.05) is 0 Å². The molecule has 0 heterocycles. The van der Waals surface area contributed by atoms with Crippen LogP contribution in [0.5, 0.6) is 0 Å². The molecular weight excluding hydrogens is 92.1 g/mol. The molecule has 0 bridgehead atoms. The number of carbonyl (C=O) groups is 1.